The van der Waals surface area contributed by atoms with Gasteiger partial charge in [-0.05, 0) is 181 Å². The van der Waals surface area contributed by atoms with E-state index in [1.807, 2.05) is 79.8 Å². The first-order chi connectivity index (χ1) is 41.9. The number of rotatable bonds is 19. The molecule has 8 aromatic rings. The number of carbonyl (C=O) groups is 4. The maximum atomic E-state index is 13.5. The van der Waals surface area contributed by atoms with Crippen LogP contribution in [0.3, 0.4) is 0 Å². The standard InChI is InChI=1S/C32H36BrClN6O3.C25H31N5O4.C7H7BrClN/c1-4-28-24(29(38-23-8-10-43-11-9-23)25-18-37-40(5-2)30(25)39-28)17-36-32(42)22-13-19(3)12-21(15-22)31(41)35-16-20-6-7-27(34)26(33)14-20;1-4-21-19(13-26-24(31)16-10-15(3)11-17(12-16)25(32)33)22(28-18-6-8-34-9-7-18)20-14-27-30(5-2)23(20)29-21;8-6-3-5(4-10)1-2-7(6)9/h6-7,12-15,18,23H,4-5,8-11,16-17H2,1-3H3,(H,35,41)(H,36,42)(H,38,39);10-12,14,18H,4-9,13H2,1-3H3,(H,26,31)(H,28,29)(H,32,33);1-3H,4,10H2. The second-order valence-corrected chi connectivity index (χ2v) is 23.7. The number of hydrogen-bond donors (Lipinski definition) is 7. The second kappa shape index (κ2) is 31.3. The molecule has 0 spiro atoms. The fourth-order valence-electron chi connectivity index (χ4n) is 10.4. The fraction of sp³-hybridized carbons (Fsp3) is 0.375. The number of pyridine rings is 2. The molecule has 2 aliphatic heterocycles. The van der Waals surface area contributed by atoms with E-state index in [2.05, 4.69) is 75.6 Å². The van der Waals surface area contributed by atoms with Crippen molar-refractivity contribution >= 4 is 112 Å². The van der Waals surface area contributed by atoms with E-state index in [4.69, 9.17) is 48.4 Å². The van der Waals surface area contributed by atoms with Gasteiger partial charge >= 0.3 is 5.97 Å². The third-order valence-electron chi connectivity index (χ3n) is 15.0. The maximum absolute atomic E-state index is 13.5. The van der Waals surface area contributed by atoms with Gasteiger partial charge in [0.05, 0.1) is 50.1 Å². The van der Waals surface area contributed by atoms with Crippen molar-refractivity contribution in [2.24, 2.45) is 5.73 Å². The van der Waals surface area contributed by atoms with Crippen LogP contribution in [0.4, 0.5) is 11.4 Å². The molecule has 87 heavy (non-hydrogen) atoms. The summed E-state index contributed by atoms with van der Waals surface area (Å²) in [5.41, 5.74) is 17.4. The van der Waals surface area contributed by atoms with E-state index in [0.717, 1.165) is 118 Å². The molecule has 6 heterocycles. The lowest BCUT2D eigenvalue weighted by molar-refractivity contribution is 0.0696. The van der Waals surface area contributed by atoms with Gasteiger partial charge in [0.25, 0.3) is 17.7 Å². The van der Waals surface area contributed by atoms with Gasteiger partial charge < -0.3 is 46.9 Å². The second-order valence-electron chi connectivity index (χ2n) is 21.2. The van der Waals surface area contributed by atoms with Crippen LogP contribution in [0.1, 0.15) is 140 Å². The molecule has 0 bridgehead atoms. The van der Waals surface area contributed by atoms with Gasteiger partial charge in [-0.25, -0.2) is 24.1 Å². The van der Waals surface area contributed by atoms with Crippen LogP contribution in [0, 0.1) is 13.8 Å². The Morgan fingerprint density at radius 3 is 1.37 bits per heavy atom. The highest BCUT2D eigenvalue weighted by molar-refractivity contribution is 9.10. The molecule has 0 aliphatic carbocycles. The topological polar surface area (TPSA) is 255 Å². The number of benzene rings is 4. The van der Waals surface area contributed by atoms with Crippen molar-refractivity contribution in [3.63, 3.8) is 0 Å². The predicted octanol–water partition coefficient (Wildman–Crippen LogP) is 12.3. The molecular formula is C64H74Br2Cl2N12O7. The van der Waals surface area contributed by atoms with Gasteiger partial charge in [-0.2, -0.15) is 10.2 Å². The highest BCUT2D eigenvalue weighted by atomic mass is 79.9. The van der Waals surface area contributed by atoms with Crippen LogP contribution >= 0.6 is 55.1 Å². The lowest BCUT2D eigenvalue weighted by atomic mass is 10.0. The van der Waals surface area contributed by atoms with Gasteiger partial charge in [0.1, 0.15) is 0 Å². The predicted molar refractivity (Wildman–Crippen MR) is 349 cm³/mol. The van der Waals surface area contributed by atoms with Gasteiger partial charge in [-0.1, -0.05) is 49.2 Å². The Morgan fingerprint density at radius 1 is 0.586 bits per heavy atom. The van der Waals surface area contributed by atoms with E-state index in [1.54, 1.807) is 43.3 Å². The SMILES string of the molecule is CCc1nc2c(cnn2CC)c(NC2CCOCC2)c1CNC(=O)c1cc(C)cc(C(=O)NCc2ccc(Cl)c(Br)c2)c1.CCc1nc2c(cnn2CC)c(NC2CCOCC2)c1CNC(=O)c1cc(C)cc(C(=O)O)c1.NCc1ccc(Cl)c(Br)c1. The highest BCUT2D eigenvalue weighted by Gasteiger charge is 2.25. The lowest BCUT2D eigenvalue weighted by Gasteiger charge is -2.26. The molecule has 23 heteroatoms. The molecule has 3 amide bonds. The minimum Gasteiger partial charge on any atom is -0.478 e. The van der Waals surface area contributed by atoms with Gasteiger partial charge in [0.2, 0.25) is 0 Å². The van der Waals surface area contributed by atoms with Crippen LogP contribution in [0.2, 0.25) is 10.0 Å². The summed E-state index contributed by atoms with van der Waals surface area (Å²) >= 11 is 18.5. The number of carboxylic acid groups (broad SMARTS) is 1. The molecule has 4 aromatic heterocycles. The minimum atomic E-state index is -1.06. The largest absolute Gasteiger partial charge is 0.478 e. The molecule has 2 saturated heterocycles. The number of nitrogens with two attached hydrogens (primary N) is 1. The summed E-state index contributed by atoms with van der Waals surface area (Å²) in [5, 5.41) is 38.1. The quantitative estimate of drug-likeness (QED) is 0.0398. The zero-order valence-electron chi connectivity index (χ0n) is 49.7. The van der Waals surface area contributed by atoms with Crippen molar-refractivity contribution in [2.45, 2.75) is 131 Å². The third-order valence-corrected chi connectivity index (χ3v) is 17.5. The normalized spacial score (nSPS) is 13.5. The maximum Gasteiger partial charge on any atom is 0.335 e. The molecule has 0 atom stereocenters. The Morgan fingerprint density at radius 2 is 0.977 bits per heavy atom. The Bertz CT molecular complexity index is 3770. The van der Waals surface area contributed by atoms with Crippen molar-refractivity contribution < 1.29 is 33.8 Å². The minimum absolute atomic E-state index is 0.0938. The third kappa shape index (κ3) is 17.0. The zero-order chi connectivity index (χ0) is 62.3. The van der Waals surface area contributed by atoms with E-state index in [1.165, 1.54) is 6.07 Å². The summed E-state index contributed by atoms with van der Waals surface area (Å²) in [6.07, 6.45) is 8.71. The highest BCUT2D eigenvalue weighted by Crippen LogP contribution is 2.34. The smallest absolute Gasteiger partial charge is 0.335 e. The van der Waals surface area contributed by atoms with Crippen molar-refractivity contribution in [2.75, 3.05) is 37.1 Å². The van der Waals surface area contributed by atoms with Crippen molar-refractivity contribution in [1.82, 2.24) is 45.5 Å². The first-order valence-corrected chi connectivity index (χ1v) is 31.6. The monoisotopic (exact) mass is 1350 g/mol. The number of nitrogens with one attached hydrogen (secondary N) is 5. The van der Waals surface area contributed by atoms with Crippen molar-refractivity contribution in [3.8, 4) is 0 Å². The molecule has 8 N–H and O–H groups in total. The molecule has 0 unspecified atom stereocenters. The summed E-state index contributed by atoms with van der Waals surface area (Å²) in [4.78, 5) is 60.7. The number of ether oxygens (including phenoxy) is 2. The molecule has 10 rings (SSSR count). The number of nitrogens with zero attached hydrogens (tertiary/aromatic N) is 6. The van der Waals surface area contributed by atoms with E-state index in [0.29, 0.717) is 87.2 Å². The summed E-state index contributed by atoms with van der Waals surface area (Å²) in [6, 6.07) is 21.5. The van der Waals surface area contributed by atoms with E-state index in [-0.39, 0.29) is 48.5 Å². The number of aromatic nitrogens is 6. The van der Waals surface area contributed by atoms with E-state index in [9.17, 15) is 24.3 Å². The summed E-state index contributed by atoms with van der Waals surface area (Å²) in [5.74, 6) is -1.91. The Balaban J connectivity index is 0.000000198. The van der Waals surface area contributed by atoms with Crippen LogP contribution < -0.4 is 32.3 Å². The number of amides is 3. The summed E-state index contributed by atoms with van der Waals surface area (Å²) < 4.78 is 16.5. The number of aryl methyl sites for hydroxylation is 6. The van der Waals surface area contributed by atoms with E-state index < -0.39 is 5.97 Å². The van der Waals surface area contributed by atoms with Gasteiger partial charge in [0, 0.05) is 126 Å². The van der Waals surface area contributed by atoms with E-state index >= 15 is 0 Å². The molecule has 460 valence electrons. The molecule has 19 nitrogen and oxygen atoms in total. The Kier molecular flexibility index (Phi) is 23.7. The summed E-state index contributed by atoms with van der Waals surface area (Å²) in [6.45, 7) is 17.6. The summed E-state index contributed by atoms with van der Waals surface area (Å²) in [7, 11) is 0. The fourth-order valence-corrected chi connectivity index (χ4v) is 11.5. The molecule has 2 fully saturated rings. The zero-order valence-corrected chi connectivity index (χ0v) is 54.4. The number of halogens is 4. The van der Waals surface area contributed by atoms with Gasteiger partial charge in [-0.15, -0.1) is 0 Å². The number of fused-ring (bicyclic) bond motifs is 2. The number of hydrogen-bond acceptors (Lipinski definition) is 13. The van der Waals surface area contributed by atoms with Gasteiger partial charge in [0.15, 0.2) is 11.3 Å². The molecule has 2 aliphatic rings. The first-order valence-electron chi connectivity index (χ1n) is 29.2. The number of anilines is 2. The number of carboxylic acids is 1. The Hall–Kier alpha value is -6.98. The average Bonchev–Trinajstić information content (AvgIpc) is 3.93. The van der Waals surface area contributed by atoms with Crippen LogP contribution in [0.5, 0.6) is 0 Å². The van der Waals surface area contributed by atoms with Crippen LogP contribution in [-0.4, -0.2) is 96.8 Å². The molecule has 4 aromatic carbocycles. The van der Waals surface area contributed by atoms with Crippen molar-refractivity contribution in [1.29, 1.82) is 0 Å². The lowest BCUT2D eigenvalue weighted by Crippen LogP contribution is -2.30. The number of carbonyl (C=O) groups excluding carboxylic acids is 3. The molecule has 0 radical (unpaired) electrons. The molecule has 0 saturated carbocycles. The van der Waals surface area contributed by atoms with Crippen LogP contribution in [0.15, 0.2) is 94.1 Å². The van der Waals surface area contributed by atoms with Crippen LogP contribution in [0.25, 0.3) is 22.1 Å². The number of aromatic carboxylic acids is 1. The van der Waals surface area contributed by atoms with Crippen LogP contribution in [-0.2, 0) is 61.6 Å². The molecular weight excluding hydrogens is 1280 g/mol. The Labute approximate surface area is 533 Å². The van der Waals surface area contributed by atoms with Gasteiger partial charge in [-0.3, -0.25) is 14.4 Å². The first kappa shape index (κ1) is 66.0. The van der Waals surface area contributed by atoms with Crippen molar-refractivity contribution in [3.05, 3.63) is 171 Å². The average molecular weight is 1350 g/mol.